The molecule has 1 atom stereocenters. The summed E-state index contributed by atoms with van der Waals surface area (Å²) in [6.07, 6.45) is 0.423. The van der Waals surface area contributed by atoms with Gasteiger partial charge < -0.3 is 19.6 Å². The van der Waals surface area contributed by atoms with E-state index in [2.05, 4.69) is 16.7 Å². The molecule has 1 N–H and O–H groups in total. The molecule has 1 saturated heterocycles. The Bertz CT molecular complexity index is 1420. The first kappa shape index (κ1) is 30.0. The zero-order valence-corrected chi connectivity index (χ0v) is 24.6. The smallest absolute Gasteiger partial charge is 0.420 e. The Labute approximate surface area is 252 Å². The van der Waals surface area contributed by atoms with Crippen LogP contribution in [0.1, 0.15) is 66.9 Å². The third-order valence-electron chi connectivity index (χ3n) is 9.77. The third-order valence-corrected chi connectivity index (χ3v) is 9.99. The van der Waals surface area contributed by atoms with Crippen molar-refractivity contribution in [2.75, 3.05) is 31.3 Å². The van der Waals surface area contributed by atoms with Gasteiger partial charge in [0.25, 0.3) is 0 Å². The number of hydrogen-bond acceptors (Lipinski definition) is 5. The molecule has 0 aromatic heterocycles. The van der Waals surface area contributed by atoms with Crippen molar-refractivity contribution >= 4 is 29.2 Å². The summed E-state index contributed by atoms with van der Waals surface area (Å²) in [5.74, 6) is -2.08. The van der Waals surface area contributed by atoms with Crippen LogP contribution in [0, 0.1) is 17.2 Å². The number of carbonyl (C=O) groups excluding carboxylic acids is 1. The lowest BCUT2D eigenvalue weighted by Gasteiger charge is -2.49. The van der Waals surface area contributed by atoms with Crippen molar-refractivity contribution in [3.05, 3.63) is 57.9 Å². The van der Waals surface area contributed by atoms with Crippen LogP contribution in [0.4, 0.5) is 23.2 Å². The molecular formula is C31H34ClF4N3O4. The molecule has 2 aliphatic carbocycles. The van der Waals surface area contributed by atoms with Gasteiger partial charge in [-0.1, -0.05) is 11.6 Å². The van der Waals surface area contributed by atoms with Crippen LogP contribution in [0.2, 0.25) is 5.02 Å². The Kier molecular flexibility index (Phi) is 7.77. The van der Waals surface area contributed by atoms with E-state index >= 15 is 0 Å². The van der Waals surface area contributed by atoms with Crippen molar-refractivity contribution in [3.63, 3.8) is 0 Å². The number of hydrogen-bond donors (Lipinski definition) is 1. The number of carboxylic acid groups (broad SMARTS) is 1. The molecule has 1 amide bonds. The van der Waals surface area contributed by atoms with Crippen LogP contribution in [0.25, 0.3) is 0 Å². The Morgan fingerprint density at radius 1 is 1.07 bits per heavy atom. The minimum absolute atomic E-state index is 0.0299. The van der Waals surface area contributed by atoms with Crippen LogP contribution in [0.15, 0.2) is 30.3 Å². The van der Waals surface area contributed by atoms with Gasteiger partial charge in [0.1, 0.15) is 11.6 Å². The number of carbonyl (C=O) groups is 2. The van der Waals surface area contributed by atoms with E-state index in [1.54, 1.807) is 11.0 Å². The fourth-order valence-electron chi connectivity index (χ4n) is 7.46. The maximum Gasteiger partial charge on any atom is 0.420 e. The van der Waals surface area contributed by atoms with Gasteiger partial charge >= 0.3 is 12.1 Å². The summed E-state index contributed by atoms with van der Waals surface area (Å²) in [6, 6.07) is 6.88. The SMILES string of the molecule is CC1CN([C@H]2CC[C@](C(=O)N3COc4c(cc(Cl)cc4C(F)(F)F)C3)(C3CC3)CC2)CCN1c1ccc(F)c(C(=O)O)c1. The molecule has 2 saturated carbocycles. The van der Waals surface area contributed by atoms with Crippen molar-refractivity contribution in [1.29, 1.82) is 0 Å². The molecule has 12 heteroatoms. The fraction of sp³-hybridized carbons (Fsp3) is 0.548. The summed E-state index contributed by atoms with van der Waals surface area (Å²) in [5, 5.41) is 9.28. The van der Waals surface area contributed by atoms with Crippen LogP contribution < -0.4 is 9.64 Å². The predicted octanol–water partition coefficient (Wildman–Crippen LogP) is 6.42. The molecule has 232 valence electrons. The second-order valence-electron chi connectivity index (χ2n) is 12.4. The number of piperazine rings is 1. The number of amides is 1. The summed E-state index contributed by atoms with van der Waals surface area (Å²) < 4.78 is 60.3. The second kappa shape index (κ2) is 11.1. The van der Waals surface area contributed by atoms with Gasteiger partial charge in [0.05, 0.1) is 23.1 Å². The van der Waals surface area contributed by atoms with Crippen LogP contribution in [0.5, 0.6) is 5.75 Å². The highest BCUT2D eigenvalue weighted by Crippen LogP contribution is 2.55. The van der Waals surface area contributed by atoms with E-state index in [9.17, 15) is 32.3 Å². The molecule has 0 spiro atoms. The lowest BCUT2D eigenvalue weighted by atomic mass is 9.67. The zero-order valence-electron chi connectivity index (χ0n) is 23.8. The molecule has 3 fully saturated rings. The summed E-state index contributed by atoms with van der Waals surface area (Å²) in [5.41, 5.74) is -0.857. The molecular weight excluding hydrogens is 590 g/mol. The maximum absolute atomic E-state index is 14.1. The highest BCUT2D eigenvalue weighted by Gasteiger charge is 2.54. The molecule has 2 aliphatic heterocycles. The summed E-state index contributed by atoms with van der Waals surface area (Å²) in [6.45, 7) is 4.07. The largest absolute Gasteiger partial charge is 0.478 e. The first-order valence-corrected chi connectivity index (χ1v) is 15.1. The van der Waals surface area contributed by atoms with Crippen LogP contribution in [-0.4, -0.2) is 65.2 Å². The molecule has 2 aromatic carbocycles. The first-order chi connectivity index (χ1) is 20.4. The van der Waals surface area contributed by atoms with Crippen molar-refractivity contribution < 1.29 is 37.0 Å². The Balaban J connectivity index is 1.12. The van der Waals surface area contributed by atoms with E-state index in [-0.39, 0.29) is 53.0 Å². The average Bonchev–Trinajstić information content (AvgIpc) is 3.82. The summed E-state index contributed by atoms with van der Waals surface area (Å²) >= 11 is 6.02. The van der Waals surface area contributed by atoms with Crippen LogP contribution in [-0.2, 0) is 17.5 Å². The van der Waals surface area contributed by atoms with E-state index in [4.69, 9.17) is 16.3 Å². The molecule has 7 nitrogen and oxygen atoms in total. The monoisotopic (exact) mass is 623 g/mol. The minimum Gasteiger partial charge on any atom is -0.478 e. The van der Waals surface area contributed by atoms with Gasteiger partial charge in [-0.05, 0) is 81.7 Å². The number of fused-ring (bicyclic) bond motifs is 1. The molecule has 2 aromatic rings. The lowest BCUT2D eigenvalue weighted by Crippen LogP contribution is -2.57. The molecule has 1 unspecified atom stereocenters. The number of halogens is 5. The summed E-state index contributed by atoms with van der Waals surface area (Å²) in [4.78, 5) is 31.6. The summed E-state index contributed by atoms with van der Waals surface area (Å²) in [7, 11) is 0. The van der Waals surface area contributed by atoms with Gasteiger partial charge in [0.2, 0.25) is 5.91 Å². The van der Waals surface area contributed by atoms with Gasteiger partial charge in [-0.3, -0.25) is 9.69 Å². The Morgan fingerprint density at radius 2 is 1.79 bits per heavy atom. The van der Waals surface area contributed by atoms with Crippen molar-refractivity contribution in [1.82, 2.24) is 9.80 Å². The molecule has 4 aliphatic rings. The first-order valence-electron chi connectivity index (χ1n) is 14.7. The quantitative estimate of drug-likeness (QED) is 0.388. The standard InChI is InChI=1S/C31H34ClF4N3O4/c1-18-15-37(10-11-39(18)23-4-5-26(33)24(14-23)28(40)41)22-6-8-30(9-7-22,20-2-3-20)29(42)38-16-19-12-21(32)13-25(31(34,35)36)27(19)43-17-38/h4-5,12-14,18,20,22H,2-3,6-11,15-17H2,1H3,(H,40,41)/t18?,22-,30+. The van der Waals surface area contributed by atoms with Crippen LogP contribution in [0.3, 0.4) is 0 Å². The number of carboxylic acids is 1. The minimum atomic E-state index is -4.61. The Hall–Kier alpha value is -3.05. The molecule has 6 rings (SSSR count). The van der Waals surface area contributed by atoms with Gasteiger partial charge in [-0.25, -0.2) is 9.18 Å². The molecule has 0 bridgehead atoms. The highest BCUT2D eigenvalue weighted by molar-refractivity contribution is 6.30. The number of benzene rings is 2. The number of anilines is 1. The van der Waals surface area contributed by atoms with Crippen molar-refractivity contribution in [3.8, 4) is 5.75 Å². The van der Waals surface area contributed by atoms with Gasteiger partial charge in [0, 0.05) is 48.0 Å². The predicted molar refractivity (Wildman–Crippen MR) is 152 cm³/mol. The normalized spacial score (nSPS) is 26.6. The molecule has 2 heterocycles. The number of ether oxygens (including phenoxy) is 1. The highest BCUT2D eigenvalue weighted by atomic mass is 35.5. The van der Waals surface area contributed by atoms with Gasteiger partial charge in [-0.15, -0.1) is 0 Å². The van der Waals surface area contributed by atoms with E-state index in [0.717, 1.165) is 44.8 Å². The van der Waals surface area contributed by atoms with Gasteiger partial charge in [0.15, 0.2) is 6.73 Å². The van der Waals surface area contributed by atoms with E-state index in [1.165, 1.54) is 18.2 Å². The average molecular weight is 624 g/mol. The number of nitrogens with zero attached hydrogens (tertiary/aromatic N) is 3. The zero-order chi connectivity index (χ0) is 30.7. The fourth-order valence-corrected chi connectivity index (χ4v) is 7.70. The third kappa shape index (κ3) is 5.66. The topological polar surface area (TPSA) is 73.3 Å². The number of rotatable bonds is 5. The van der Waals surface area contributed by atoms with Crippen molar-refractivity contribution in [2.45, 2.75) is 70.3 Å². The lowest BCUT2D eigenvalue weighted by molar-refractivity contribution is -0.153. The van der Waals surface area contributed by atoms with E-state index in [0.29, 0.717) is 31.1 Å². The van der Waals surface area contributed by atoms with E-state index < -0.39 is 28.9 Å². The maximum atomic E-state index is 14.1. The van der Waals surface area contributed by atoms with E-state index in [1.807, 2.05) is 0 Å². The Morgan fingerprint density at radius 3 is 2.42 bits per heavy atom. The van der Waals surface area contributed by atoms with Crippen LogP contribution >= 0.6 is 11.6 Å². The molecule has 0 radical (unpaired) electrons. The second-order valence-corrected chi connectivity index (χ2v) is 12.8. The number of alkyl halides is 3. The van der Waals surface area contributed by atoms with Gasteiger partial charge in [-0.2, -0.15) is 13.2 Å². The molecule has 43 heavy (non-hydrogen) atoms. The van der Waals surface area contributed by atoms with Crippen molar-refractivity contribution in [2.24, 2.45) is 11.3 Å². The number of aromatic carboxylic acids is 1.